The molecule has 24 heavy (non-hydrogen) atoms. The first-order valence-electron chi connectivity index (χ1n) is 7.67. The zero-order valence-corrected chi connectivity index (χ0v) is 15.2. The Labute approximate surface area is 147 Å². The lowest BCUT2D eigenvalue weighted by atomic mass is 10.1. The van der Waals surface area contributed by atoms with Gasteiger partial charge in [0.05, 0.1) is 4.90 Å². The number of hydrogen-bond donors (Lipinski definition) is 1. The second-order valence-electron chi connectivity index (χ2n) is 5.84. The van der Waals surface area contributed by atoms with E-state index in [1.165, 1.54) is 6.07 Å². The summed E-state index contributed by atoms with van der Waals surface area (Å²) >= 11 is 5.96. The first kappa shape index (κ1) is 17.0. The monoisotopic (exact) mass is 362 g/mol. The van der Waals surface area contributed by atoms with Gasteiger partial charge in [0.25, 0.3) is 0 Å². The van der Waals surface area contributed by atoms with Gasteiger partial charge in [-0.05, 0) is 48.7 Å². The molecule has 1 aromatic heterocycles. The fraction of sp³-hybridized carbons (Fsp3) is 0.222. The minimum atomic E-state index is -3.53. The normalized spacial score (nSPS) is 12.0. The number of rotatable bonds is 5. The van der Waals surface area contributed by atoms with Crippen LogP contribution in [0.5, 0.6) is 0 Å². The van der Waals surface area contributed by atoms with Crippen LogP contribution < -0.4 is 4.72 Å². The number of fused-ring (bicyclic) bond motifs is 1. The Morgan fingerprint density at radius 3 is 2.67 bits per heavy atom. The Balaban J connectivity index is 1.74. The van der Waals surface area contributed by atoms with E-state index >= 15 is 0 Å². The minimum Gasteiger partial charge on any atom is -0.350 e. The number of hydrogen-bond acceptors (Lipinski definition) is 2. The van der Waals surface area contributed by atoms with Crippen LogP contribution in [-0.2, 0) is 23.5 Å². The topological polar surface area (TPSA) is 51.1 Å². The molecule has 0 spiro atoms. The molecule has 0 radical (unpaired) electrons. The third-order valence-corrected chi connectivity index (χ3v) is 5.99. The predicted molar refractivity (Wildman–Crippen MR) is 98.0 cm³/mol. The highest BCUT2D eigenvalue weighted by Gasteiger charge is 2.15. The SMILES string of the molecule is Cc1cc(S(=O)(=O)NCCc2cn(C)c3ccccc23)ccc1Cl. The summed E-state index contributed by atoms with van der Waals surface area (Å²) in [4.78, 5) is 0.238. The highest BCUT2D eigenvalue weighted by molar-refractivity contribution is 7.89. The van der Waals surface area contributed by atoms with Crippen LogP contribution in [0.25, 0.3) is 10.9 Å². The van der Waals surface area contributed by atoms with Gasteiger partial charge in [-0.3, -0.25) is 0 Å². The molecular formula is C18H19ClN2O2S. The molecule has 0 aliphatic heterocycles. The van der Waals surface area contributed by atoms with Crippen molar-refractivity contribution in [1.82, 2.24) is 9.29 Å². The zero-order chi connectivity index (χ0) is 17.3. The van der Waals surface area contributed by atoms with Crippen LogP contribution in [0.1, 0.15) is 11.1 Å². The Bertz CT molecular complexity index is 993. The number of para-hydroxylation sites is 1. The summed E-state index contributed by atoms with van der Waals surface area (Å²) < 4.78 is 29.5. The van der Waals surface area contributed by atoms with E-state index < -0.39 is 10.0 Å². The maximum Gasteiger partial charge on any atom is 0.240 e. The number of nitrogens with one attached hydrogen (secondary N) is 1. The second-order valence-corrected chi connectivity index (χ2v) is 8.02. The molecule has 0 amide bonds. The molecule has 3 aromatic rings. The van der Waals surface area contributed by atoms with E-state index in [1.807, 2.05) is 25.4 Å². The lowest BCUT2D eigenvalue weighted by Gasteiger charge is -2.08. The second kappa shape index (κ2) is 6.59. The molecule has 0 atom stereocenters. The van der Waals surface area contributed by atoms with Crippen molar-refractivity contribution in [3.63, 3.8) is 0 Å². The molecule has 3 rings (SSSR count). The van der Waals surface area contributed by atoms with Gasteiger partial charge in [0.15, 0.2) is 0 Å². The summed E-state index contributed by atoms with van der Waals surface area (Å²) in [5, 5.41) is 1.71. The molecule has 0 bridgehead atoms. The third-order valence-electron chi connectivity index (χ3n) is 4.11. The Morgan fingerprint density at radius 2 is 1.92 bits per heavy atom. The fourth-order valence-corrected chi connectivity index (χ4v) is 4.05. The van der Waals surface area contributed by atoms with Gasteiger partial charge in [-0.15, -0.1) is 0 Å². The van der Waals surface area contributed by atoms with Crippen LogP contribution in [-0.4, -0.2) is 19.5 Å². The Hall–Kier alpha value is -1.82. The summed E-state index contributed by atoms with van der Waals surface area (Å²) in [6.07, 6.45) is 2.68. The number of sulfonamides is 1. The minimum absolute atomic E-state index is 0.238. The molecule has 0 aliphatic carbocycles. The van der Waals surface area contributed by atoms with Gasteiger partial charge in [-0.2, -0.15) is 0 Å². The van der Waals surface area contributed by atoms with Crippen LogP contribution in [0.3, 0.4) is 0 Å². The van der Waals surface area contributed by atoms with Gasteiger partial charge < -0.3 is 4.57 Å². The van der Waals surface area contributed by atoms with E-state index in [0.29, 0.717) is 18.0 Å². The van der Waals surface area contributed by atoms with Crippen molar-refractivity contribution in [2.75, 3.05) is 6.54 Å². The number of halogens is 1. The van der Waals surface area contributed by atoms with Crippen LogP contribution in [0.4, 0.5) is 0 Å². The zero-order valence-electron chi connectivity index (χ0n) is 13.6. The average Bonchev–Trinajstić information content (AvgIpc) is 2.87. The quantitative estimate of drug-likeness (QED) is 0.753. The summed E-state index contributed by atoms with van der Waals surface area (Å²) in [5.74, 6) is 0. The highest BCUT2D eigenvalue weighted by atomic mass is 35.5. The van der Waals surface area contributed by atoms with E-state index in [9.17, 15) is 8.42 Å². The Morgan fingerprint density at radius 1 is 1.17 bits per heavy atom. The van der Waals surface area contributed by atoms with Gasteiger partial charge in [0.1, 0.15) is 0 Å². The molecule has 0 fully saturated rings. The molecule has 0 unspecified atom stereocenters. The first-order chi connectivity index (χ1) is 11.4. The first-order valence-corrected chi connectivity index (χ1v) is 9.53. The van der Waals surface area contributed by atoms with Crippen LogP contribution in [0.2, 0.25) is 5.02 Å². The van der Waals surface area contributed by atoms with Crippen molar-refractivity contribution in [3.8, 4) is 0 Å². The van der Waals surface area contributed by atoms with Gasteiger partial charge in [0, 0.05) is 35.7 Å². The summed E-state index contributed by atoms with van der Waals surface area (Å²) in [7, 11) is -1.54. The Kier molecular flexibility index (Phi) is 4.67. The standard InChI is InChI=1S/C18H19ClN2O2S/c1-13-11-15(7-8-17(13)19)24(22,23)20-10-9-14-12-21(2)18-6-4-3-5-16(14)18/h3-8,11-12,20H,9-10H2,1-2H3. The van der Waals surface area contributed by atoms with Crippen molar-refractivity contribution >= 4 is 32.5 Å². The lowest BCUT2D eigenvalue weighted by molar-refractivity contribution is 0.581. The smallest absolute Gasteiger partial charge is 0.240 e. The van der Waals surface area contributed by atoms with Gasteiger partial charge in [-0.1, -0.05) is 29.8 Å². The van der Waals surface area contributed by atoms with Crippen molar-refractivity contribution in [1.29, 1.82) is 0 Å². The van der Waals surface area contributed by atoms with Crippen LogP contribution in [0.15, 0.2) is 53.6 Å². The molecule has 2 aromatic carbocycles. The number of nitrogens with zero attached hydrogens (tertiary/aromatic N) is 1. The summed E-state index contributed by atoms with van der Waals surface area (Å²) in [5.41, 5.74) is 3.01. The molecule has 0 saturated heterocycles. The maximum atomic E-state index is 12.4. The third kappa shape index (κ3) is 3.34. The van der Waals surface area contributed by atoms with Crippen molar-refractivity contribution < 1.29 is 8.42 Å². The van der Waals surface area contributed by atoms with Crippen LogP contribution in [0, 0.1) is 6.92 Å². The van der Waals surface area contributed by atoms with E-state index in [1.54, 1.807) is 19.1 Å². The molecule has 6 heteroatoms. The lowest BCUT2D eigenvalue weighted by Crippen LogP contribution is -2.26. The van der Waals surface area contributed by atoms with E-state index in [4.69, 9.17) is 11.6 Å². The molecule has 126 valence electrons. The molecule has 1 heterocycles. The number of benzene rings is 2. The predicted octanol–water partition coefficient (Wildman–Crippen LogP) is 3.66. The maximum absolute atomic E-state index is 12.4. The van der Waals surface area contributed by atoms with Gasteiger partial charge in [-0.25, -0.2) is 13.1 Å². The molecule has 0 saturated carbocycles. The largest absolute Gasteiger partial charge is 0.350 e. The molecule has 1 N–H and O–H groups in total. The average molecular weight is 363 g/mol. The highest BCUT2D eigenvalue weighted by Crippen LogP contribution is 2.21. The molecular weight excluding hydrogens is 344 g/mol. The van der Waals surface area contributed by atoms with Gasteiger partial charge in [0.2, 0.25) is 10.0 Å². The van der Waals surface area contributed by atoms with E-state index in [0.717, 1.165) is 22.0 Å². The number of aromatic nitrogens is 1. The van der Waals surface area contributed by atoms with Crippen molar-refractivity contribution in [3.05, 3.63) is 64.8 Å². The molecule has 0 aliphatic rings. The van der Waals surface area contributed by atoms with Crippen molar-refractivity contribution in [2.24, 2.45) is 7.05 Å². The molecule has 4 nitrogen and oxygen atoms in total. The van der Waals surface area contributed by atoms with E-state index in [2.05, 4.69) is 21.4 Å². The number of aryl methyl sites for hydroxylation is 2. The van der Waals surface area contributed by atoms with Crippen LogP contribution >= 0.6 is 11.6 Å². The fourth-order valence-electron chi connectivity index (χ4n) is 2.81. The van der Waals surface area contributed by atoms with Crippen molar-refractivity contribution in [2.45, 2.75) is 18.2 Å². The summed E-state index contributed by atoms with van der Waals surface area (Å²) in [6, 6.07) is 12.8. The van der Waals surface area contributed by atoms with E-state index in [-0.39, 0.29) is 4.90 Å². The summed E-state index contributed by atoms with van der Waals surface area (Å²) in [6.45, 7) is 2.13. The van der Waals surface area contributed by atoms with Gasteiger partial charge >= 0.3 is 0 Å².